The Morgan fingerprint density at radius 3 is 2.53 bits per heavy atom. The SMILES string of the molecule is CC(O)(Cc1ccc([N+](=O)[O-])c(O)c1)C(=O)O. The minimum absolute atomic E-state index is 0.256. The third kappa shape index (κ3) is 2.91. The molecule has 7 heteroatoms. The third-order valence-electron chi connectivity index (χ3n) is 2.25. The summed E-state index contributed by atoms with van der Waals surface area (Å²) in [5.74, 6) is -1.97. The van der Waals surface area contributed by atoms with Crippen molar-refractivity contribution in [2.24, 2.45) is 0 Å². The Balaban J connectivity index is 2.99. The number of phenolic OH excluding ortho intramolecular Hbond substituents is 1. The summed E-state index contributed by atoms with van der Waals surface area (Å²) in [7, 11) is 0. The van der Waals surface area contributed by atoms with Crippen LogP contribution in [0.15, 0.2) is 18.2 Å². The molecule has 17 heavy (non-hydrogen) atoms. The number of aliphatic hydroxyl groups is 1. The summed E-state index contributed by atoms with van der Waals surface area (Å²) in [5.41, 5.74) is -2.16. The first-order chi connectivity index (χ1) is 7.74. The zero-order chi connectivity index (χ0) is 13.2. The zero-order valence-corrected chi connectivity index (χ0v) is 8.95. The Morgan fingerprint density at radius 2 is 2.12 bits per heavy atom. The summed E-state index contributed by atoms with van der Waals surface area (Å²) >= 11 is 0. The highest BCUT2D eigenvalue weighted by molar-refractivity contribution is 5.77. The van der Waals surface area contributed by atoms with Crippen LogP contribution in [-0.4, -0.2) is 31.8 Å². The van der Waals surface area contributed by atoms with Gasteiger partial charge in [-0.05, 0) is 18.6 Å². The summed E-state index contributed by atoms with van der Waals surface area (Å²) in [6, 6.07) is 3.41. The minimum Gasteiger partial charge on any atom is -0.502 e. The highest BCUT2D eigenvalue weighted by Gasteiger charge is 2.30. The highest BCUT2D eigenvalue weighted by Crippen LogP contribution is 2.27. The quantitative estimate of drug-likeness (QED) is 0.526. The van der Waals surface area contributed by atoms with Crippen molar-refractivity contribution in [2.45, 2.75) is 18.9 Å². The molecule has 0 amide bonds. The minimum atomic E-state index is -1.98. The van der Waals surface area contributed by atoms with Crippen molar-refractivity contribution < 1.29 is 25.0 Å². The zero-order valence-electron chi connectivity index (χ0n) is 8.95. The van der Waals surface area contributed by atoms with Gasteiger partial charge >= 0.3 is 11.7 Å². The number of carboxylic acid groups (broad SMARTS) is 1. The molecule has 0 spiro atoms. The Morgan fingerprint density at radius 1 is 1.53 bits per heavy atom. The molecule has 7 nitrogen and oxygen atoms in total. The Bertz CT molecular complexity index is 468. The van der Waals surface area contributed by atoms with Crippen LogP contribution in [0.3, 0.4) is 0 Å². The van der Waals surface area contributed by atoms with Crippen molar-refractivity contribution in [1.29, 1.82) is 0 Å². The number of nitrogens with zero attached hydrogens (tertiary/aromatic N) is 1. The van der Waals surface area contributed by atoms with E-state index in [1.807, 2.05) is 0 Å². The Labute approximate surface area is 96.1 Å². The molecule has 1 rings (SSSR count). The lowest BCUT2D eigenvalue weighted by atomic mass is 9.96. The second kappa shape index (κ2) is 4.38. The number of phenols is 1. The number of rotatable bonds is 4. The lowest BCUT2D eigenvalue weighted by molar-refractivity contribution is -0.385. The van der Waals surface area contributed by atoms with E-state index >= 15 is 0 Å². The van der Waals surface area contributed by atoms with Gasteiger partial charge in [-0.1, -0.05) is 6.07 Å². The van der Waals surface area contributed by atoms with Gasteiger partial charge in [0.2, 0.25) is 0 Å². The fraction of sp³-hybridized carbons (Fsp3) is 0.300. The molecule has 0 saturated carbocycles. The van der Waals surface area contributed by atoms with Gasteiger partial charge in [0.15, 0.2) is 11.4 Å². The largest absolute Gasteiger partial charge is 0.502 e. The first-order valence-electron chi connectivity index (χ1n) is 4.66. The maximum atomic E-state index is 10.7. The van der Waals surface area contributed by atoms with Gasteiger partial charge in [0.25, 0.3) is 0 Å². The van der Waals surface area contributed by atoms with E-state index in [4.69, 9.17) is 5.11 Å². The molecule has 1 aromatic carbocycles. The molecule has 0 saturated heterocycles. The number of nitro groups is 1. The van der Waals surface area contributed by atoms with E-state index in [1.54, 1.807) is 0 Å². The van der Waals surface area contributed by atoms with E-state index < -0.39 is 27.9 Å². The molecule has 0 aliphatic rings. The van der Waals surface area contributed by atoms with Crippen LogP contribution in [0.5, 0.6) is 5.75 Å². The van der Waals surface area contributed by atoms with Crippen LogP contribution in [-0.2, 0) is 11.2 Å². The second-order valence-corrected chi connectivity index (χ2v) is 3.84. The van der Waals surface area contributed by atoms with Gasteiger partial charge in [-0.25, -0.2) is 4.79 Å². The van der Waals surface area contributed by atoms with Gasteiger partial charge in [0.05, 0.1) is 4.92 Å². The topological polar surface area (TPSA) is 121 Å². The standard InChI is InChI=1S/C10H11NO6/c1-10(15,9(13)14)5-6-2-3-7(11(16)17)8(12)4-6/h2-4,12,15H,5H2,1H3,(H,13,14). The molecule has 0 radical (unpaired) electrons. The molecule has 0 heterocycles. The smallest absolute Gasteiger partial charge is 0.335 e. The molecule has 0 aromatic heterocycles. The Kier molecular flexibility index (Phi) is 3.33. The van der Waals surface area contributed by atoms with Crippen molar-refractivity contribution in [3.63, 3.8) is 0 Å². The van der Waals surface area contributed by atoms with Gasteiger partial charge in [0.1, 0.15) is 0 Å². The van der Waals surface area contributed by atoms with Crippen LogP contribution in [0, 0.1) is 10.1 Å². The number of hydrogen-bond donors (Lipinski definition) is 3. The number of aliphatic carboxylic acids is 1. The van der Waals surface area contributed by atoms with Crippen LogP contribution < -0.4 is 0 Å². The first kappa shape index (κ1) is 12.9. The van der Waals surface area contributed by atoms with Gasteiger partial charge in [-0.15, -0.1) is 0 Å². The van der Waals surface area contributed by atoms with E-state index in [0.717, 1.165) is 19.1 Å². The predicted octanol–water partition coefficient (Wildman–Crippen LogP) is 0.678. The second-order valence-electron chi connectivity index (χ2n) is 3.84. The molecular formula is C10H11NO6. The predicted molar refractivity (Wildman–Crippen MR) is 56.7 cm³/mol. The highest BCUT2D eigenvalue weighted by atomic mass is 16.6. The number of carbonyl (C=O) groups is 1. The number of hydrogen-bond acceptors (Lipinski definition) is 5. The number of benzene rings is 1. The van der Waals surface area contributed by atoms with E-state index in [2.05, 4.69) is 0 Å². The van der Waals surface area contributed by atoms with Gasteiger partial charge in [-0.2, -0.15) is 0 Å². The van der Waals surface area contributed by atoms with Crippen LogP contribution in [0.25, 0.3) is 0 Å². The maximum Gasteiger partial charge on any atom is 0.335 e. The average molecular weight is 241 g/mol. The average Bonchev–Trinajstić information content (AvgIpc) is 2.15. The van der Waals surface area contributed by atoms with Crippen molar-refractivity contribution in [3.8, 4) is 5.75 Å². The summed E-state index contributed by atoms with van der Waals surface area (Å²) in [6.45, 7) is 1.10. The van der Waals surface area contributed by atoms with Crippen LogP contribution in [0.2, 0.25) is 0 Å². The van der Waals surface area contributed by atoms with Crippen LogP contribution >= 0.6 is 0 Å². The number of nitro benzene ring substituents is 1. The molecule has 1 aromatic rings. The molecule has 0 bridgehead atoms. The summed E-state index contributed by atoms with van der Waals surface area (Å²) in [4.78, 5) is 20.3. The van der Waals surface area contributed by atoms with E-state index in [-0.39, 0.29) is 6.42 Å². The van der Waals surface area contributed by atoms with Crippen molar-refractivity contribution in [3.05, 3.63) is 33.9 Å². The van der Waals surface area contributed by atoms with Crippen molar-refractivity contribution in [2.75, 3.05) is 0 Å². The van der Waals surface area contributed by atoms with Gasteiger partial charge < -0.3 is 15.3 Å². The maximum absolute atomic E-state index is 10.7. The fourth-order valence-corrected chi connectivity index (χ4v) is 1.31. The molecule has 0 aliphatic carbocycles. The molecular weight excluding hydrogens is 230 g/mol. The monoisotopic (exact) mass is 241 g/mol. The summed E-state index contributed by atoms with van der Waals surface area (Å²) in [5, 5.41) is 37.9. The van der Waals surface area contributed by atoms with Crippen LogP contribution in [0.4, 0.5) is 5.69 Å². The van der Waals surface area contributed by atoms with Crippen molar-refractivity contribution >= 4 is 11.7 Å². The summed E-state index contributed by atoms with van der Waals surface area (Å²) < 4.78 is 0. The lowest BCUT2D eigenvalue weighted by Gasteiger charge is -2.17. The molecule has 0 aliphatic heterocycles. The molecule has 1 unspecified atom stereocenters. The molecule has 1 atom stereocenters. The first-order valence-corrected chi connectivity index (χ1v) is 4.66. The van der Waals surface area contributed by atoms with Gasteiger partial charge in [0, 0.05) is 12.5 Å². The number of aromatic hydroxyl groups is 1. The lowest BCUT2D eigenvalue weighted by Crippen LogP contribution is -2.37. The molecule has 3 N–H and O–H groups in total. The van der Waals surface area contributed by atoms with Crippen LogP contribution in [0.1, 0.15) is 12.5 Å². The Hall–Kier alpha value is -2.15. The number of carboxylic acids is 1. The van der Waals surface area contributed by atoms with E-state index in [9.17, 15) is 25.1 Å². The van der Waals surface area contributed by atoms with E-state index in [1.165, 1.54) is 6.07 Å². The molecule has 0 fully saturated rings. The van der Waals surface area contributed by atoms with E-state index in [0.29, 0.717) is 5.56 Å². The molecule has 92 valence electrons. The fourth-order valence-electron chi connectivity index (χ4n) is 1.31. The normalized spacial score (nSPS) is 14.0. The van der Waals surface area contributed by atoms with Crippen molar-refractivity contribution in [1.82, 2.24) is 0 Å². The third-order valence-corrected chi connectivity index (χ3v) is 2.25. The summed E-state index contributed by atoms with van der Waals surface area (Å²) in [6.07, 6.45) is -0.256. The van der Waals surface area contributed by atoms with Gasteiger partial charge in [-0.3, -0.25) is 10.1 Å².